The van der Waals surface area contributed by atoms with Gasteiger partial charge in [-0.25, -0.2) is 4.68 Å². The quantitative estimate of drug-likeness (QED) is 0.762. The van der Waals surface area contributed by atoms with Crippen molar-refractivity contribution in [2.75, 3.05) is 0 Å². The van der Waals surface area contributed by atoms with Gasteiger partial charge in [0.1, 0.15) is 0 Å². The van der Waals surface area contributed by atoms with E-state index in [0.717, 1.165) is 5.69 Å². The van der Waals surface area contributed by atoms with Crippen molar-refractivity contribution in [1.29, 1.82) is 5.26 Å². The molecule has 1 aliphatic carbocycles. The summed E-state index contributed by atoms with van der Waals surface area (Å²) in [5, 5.41) is 13.4. The van der Waals surface area contributed by atoms with Gasteiger partial charge in [0.25, 0.3) is 0 Å². The lowest BCUT2D eigenvalue weighted by Gasteiger charge is -2.00. The molecule has 3 heteroatoms. The lowest BCUT2D eigenvalue weighted by atomic mass is 10.2. The molecular weight excluding hydrogens is 198 g/mol. The van der Waals surface area contributed by atoms with Crippen molar-refractivity contribution in [3.63, 3.8) is 0 Å². The molecule has 0 atom stereocenters. The van der Waals surface area contributed by atoms with Gasteiger partial charge in [0.15, 0.2) is 0 Å². The molecule has 1 aliphatic rings. The van der Waals surface area contributed by atoms with Crippen LogP contribution in [0.4, 0.5) is 0 Å². The van der Waals surface area contributed by atoms with E-state index in [2.05, 4.69) is 17.2 Å². The molecular formula is C13H11N3. The SMILES string of the molecule is N#Cc1cccc(-n2ccc(C3CC3)n2)c1. The second-order valence-electron chi connectivity index (χ2n) is 4.12. The standard InChI is InChI=1S/C13H11N3/c14-9-10-2-1-3-12(8-10)16-7-6-13(15-16)11-4-5-11/h1-3,6-8,11H,4-5H2. The van der Waals surface area contributed by atoms with E-state index in [1.54, 1.807) is 6.07 Å². The summed E-state index contributed by atoms with van der Waals surface area (Å²) in [5.74, 6) is 0.667. The Labute approximate surface area is 93.9 Å². The first-order valence-electron chi connectivity index (χ1n) is 5.43. The highest BCUT2D eigenvalue weighted by atomic mass is 15.3. The van der Waals surface area contributed by atoms with E-state index in [1.165, 1.54) is 18.5 Å². The number of hydrogen-bond donors (Lipinski definition) is 0. The molecule has 1 fully saturated rings. The summed E-state index contributed by atoms with van der Waals surface area (Å²) in [4.78, 5) is 0. The zero-order chi connectivity index (χ0) is 11.0. The monoisotopic (exact) mass is 209 g/mol. The van der Waals surface area contributed by atoms with Crippen LogP contribution in [-0.4, -0.2) is 9.78 Å². The summed E-state index contributed by atoms with van der Waals surface area (Å²) in [5.41, 5.74) is 2.79. The molecule has 0 spiro atoms. The fourth-order valence-electron chi connectivity index (χ4n) is 1.80. The molecule has 78 valence electrons. The average Bonchev–Trinajstić information content (AvgIpc) is 3.07. The van der Waals surface area contributed by atoms with E-state index < -0.39 is 0 Å². The van der Waals surface area contributed by atoms with Gasteiger partial charge in [-0.15, -0.1) is 0 Å². The predicted octanol–water partition coefficient (Wildman–Crippen LogP) is 2.62. The molecule has 0 radical (unpaired) electrons. The first-order chi connectivity index (χ1) is 7.86. The highest BCUT2D eigenvalue weighted by molar-refractivity contribution is 5.40. The van der Waals surface area contributed by atoms with Crippen molar-refractivity contribution in [3.8, 4) is 11.8 Å². The van der Waals surface area contributed by atoms with Gasteiger partial charge in [0, 0.05) is 12.1 Å². The summed E-state index contributed by atoms with van der Waals surface area (Å²) in [7, 11) is 0. The Morgan fingerprint density at radius 3 is 2.94 bits per heavy atom. The summed E-state index contributed by atoms with van der Waals surface area (Å²) in [6, 6.07) is 11.7. The summed E-state index contributed by atoms with van der Waals surface area (Å²) < 4.78 is 1.84. The molecule has 0 bridgehead atoms. The zero-order valence-electron chi connectivity index (χ0n) is 8.80. The number of aromatic nitrogens is 2. The molecule has 2 aromatic rings. The van der Waals surface area contributed by atoms with Crippen LogP contribution in [0.25, 0.3) is 5.69 Å². The van der Waals surface area contributed by atoms with Crippen LogP contribution in [0.15, 0.2) is 36.5 Å². The van der Waals surface area contributed by atoms with Crippen LogP contribution in [0.5, 0.6) is 0 Å². The third-order valence-corrected chi connectivity index (χ3v) is 2.85. The maximum absolute atomic E-state index is 8.83. The number of rotatable bonds is 2. The van der Waals surface area contributed by atoms with Crippen LogP contribution < -0.4 is 0 Å². The molecule has 1 heterocycles. The topological polar surface area (TPSA) is 41.6 Å². The number of nitrogens with zero attached hydrogens (tertiary/aromatic N) is 3. The smallest absolute Gasteiger partial charge is 0.0992 e. The van der Waals surface area contributed by atoms with Gasteiger partial charge in [-0.2, -0.15) is 10.4 Å². The van der Waals surface area contributed by atoms with E-state index >= 15 is 0 Å². The van der Waals surface area contributed by atoms with Crippen LogP contribution in [0.2, 0.25) is 0 Å². The minimum Gasteiger partial charge on any atom is -0.241 e. The molecule has 3 rings (SSSR count). The van der Waals surface area contributed by atoms with Crippen molar-refractivity contribution in [2.24, 2.45) is 0 Å². The summed E-state index contributed by atoms with van der Waals surface area (Å²) in [6.07, 6.45) is 4.48. The van der Waals surface area contributed by atoms with Crippen LogP contribution in [0, 0.1) is 11.3 Å². The van der Waals surface area contributed by atoms with E-state index in [1.807, 2.05) is 29.1 Å². The maximum atomic E-state index is 8.83. The molecule has 1 aromatic carbocycles. The Morgan fingerprint density at radius 2 is 2.19 bits per heavy atom. The number of benzene rings is 1. The van der Waals surface area contributed by atoms with Crippen molar-refractivity contribution in [3.05, 3.63) is 47.8 Å². The van der Waals surface area contributed by atoms with E-state index in [9.17, 15) is 0 Å². The third kappa shape index (κ3) is 1.59. The average molecular weight is 209 g/mol. The Hall–Kier alpha value is -2.08. The minimum atomic E-state index is 0.667. The van der Waals surface area contributed by atoms with Gasteiger partial charge in [-0.1, -0.05) is 6.07 Å². The molecule has 16 heavy (non-hydrogen) atoms. The molecule has 0 aliphatic heterocycles. The van der Waals surface area contributed by atoms with Gasteiger partial charge in [0.05, 0.1) is 23.0 Å². The molecule has 1 saturated carbocycles. The minimum absolute atomic E-state index is 0.667. The lowest BCUT2D eigenvalue weighted by molar-refractivity contribution is 0.837. The Kier molecular flexibility index (Phi) is 2.00. The van der Waals surface area contributed by atoms with Crippen LogP contribution in [-0.2, 0) is 0 Å². The first-order valence-corrected chi connectivity index (χ1v) is 5.43. The van der Waals surface area contributed by atoms with Crippen molar-refractivity contribution < 1.29 is 0 Å². The molecule has 0 amide bonds. The highest BCUT2D eigenvalue weighted by Crippen LogP contribution is 2.38. The largest absolute Gasteiger partial charge is 0.241 e. The van der Waals surface area contributed by atoms with Gasteiger partial charge >= 0.3 is 0 Å². The van der Waals surface area contributed by atoms with Gasteiger partial charge in [-0.05, 0) is 37.1 Å². The molecule has 0 N–H and O–H groups in total. The van der Waals surface area contributed by atoms with Crippen LogP contribution in [0.3, 0.4) is 0 Å². The number of nitriles is 1. The van der Waals surface area contributed by atoms with Crippen molar-refractivity contribution >= 4 is 0 Å². The van der Waals surface area contributed by atoms with E-state index in [-0.39, 0.29) is 0 Å². The molecule has 0 unspecified atom stereocenters. The highest BCUT2D eigenvalue weighted by Gasteiger charge is 2.25. The van der Waals surface area contributed by atoms with Crippen LogP contribution in [0.1, 0.15) is 30.0 Å². The van der Waals surface area contributed by atoms with Crippen LogP contribution >= 0.6 is 0 Å². The second kappa shape index (κ2) is 3.49. The van der Waals surface area contributed by atoms with E-state index in [4.69, 9.17) is 5.26 Å². The van der Waals surface area contributed by atoms with Gasteiger partial charge in [0.2, 0.25) is 0 Å². The van der Waals surface area contributed by atoms with Gasteiger partial charge < -0.3 is 0 Å². The Balaban J connectivity index is 1.97. The van der Waals surface area contributed by atoms with Crippen molar-refractivity contribution in [1.82, 2.24) is 9.78 Å². The van der Waals surface area contributed by atoms with Gasteiger partial charge in [-0.3, -0.25) is 0 Å². The Morgan fingerprint density at radius 1 is 1.31 bits per heavy atom. The fourth-order valence-corrected chi connectivity index (χ4v) is 1.80. The summed E-state index contributed by atoms with van der Waals surface area (Å²) >= 11 is 0. The normalized spacial score (nSPS) is 14.7. The fraction of sp³-hybridized carbons (Fsp3) is 0.231. The summed E-state index contributed by atoms with van der Waals surface area (Å²) in [6.45, 7) is 0. The third-order valence-electron chi connectivity index (χ3n) is 2.85. The zero-order valence-corrected chi connectivity index (χ0v) is 8.80. The Bertz CT molecular complexity index is 559. The van der Waals surface area contributed by atoms with Crippen molar-refractivity contribution in [2.45, 2.75) is 18.8 Å². The maximum Gasteiger partial charge on any atom is 0.0992 e. The second-order valence-corrected chi connectivity index (χ2v) is 4.12. The number of hydrogen-bond acceptors (Lipinski definition) is 2. The molecule has 0 saturated heterocycles. The molecule has 3 nitrogen and oxygen atoms in total. The first kappa shape index (κ1) is 9.17. The van der Waals surface area contributed by atoms with E-state index in [0.29, 0.717) is 11.5 Å². The lowest BCUT2D eigenvalue weighted by Crippen LogP contribution is -1.95. The predicted molar refractivity (Wildman–Crippen MR) is 60.3 cm³/mol. The molecule has 1 aromatic heterocycles.